The minimum absolute atomic E-state index is 0.555. The summed E-state index contributed by atoms with van der Waals surface area (Å²) in [5, 5.41) is 2.62. The van der Waals surface area contributed by atoms with Gasteiger partial charge in [-0.05, 0) is 30.3 Å². The summed E-state index contributed by atoms with van der Waals surface area (Å²) in [6, 6.07) is 11.3. The zero-order chi connectivity index (χ0) is 14.8. The fraction of sp³-hybridized carbons (Fsp3) is 0.0625. The highest BCUT2D eigenvalue weighted by molar-refractivity contribution is 7.13. The van der Waals surface area contributed by atoms with Crippen molar-refractivity contribution >= 4 is 11.3 Å². The maximum Gasteiger partial charge on any atom is 0.159 e. The molecule has 0 amide bonds. The lowest BCUT2D eigenvalue weighted by atomic mass is 10.1. The highest BCUT2D eigenvalue weighted by Crippen LogP contribution is 2.31. The van der Waals surface area contributed by atoms with Gasteiger partial charge in [0.25, 0.3) is 0 Å². The fourth-order valence-corrected chi connectivity index (χ4v) is 2.78. The van der Waals surface area contributed by atoms with Crippen LogP contribution in [0.2, 0.25) is 0 Å². The largest absolute Gasteiger partial charge is 0.497 e. The van der Waals surface area contributed by atoms with E-state index in [-0.39, 0.29) is 0 Å². The molecule has 3 aromatic rings. The van der Waals surface area contributed by atoms with Crippen LogP contribution in [0, 0.1) is 11.6 Å². The molecule has 2 aromatic carbocycles. The molecule has 21 heavy (non-hydrogen) atoms. The Kier molecular flexibility index (Phi) is 3.66. The lowest BCUT2D eigenvalue weighted by Gasteiger charge is -2.01. The average Bonchev–Trinajstić information content (AvgIpc) is 3.00. The molecule has 1 heterocycles. The van der Waals surface area contributed by atoms with Crippen molar-refractivity contribution in [2.24, 2.45) is 0 Å². The predicted octanol–water partition coefficient (Wildman–Crippen LogP) is 4.76. The Labute approximate surface area is 124 Å². The Morgan fingerprint density at radius 1 is 1.00 bits per heavy atom. The van der Waals surface area contributed by atoms with Gasteiger partial charge in [-0.15, -0.1) is 11.3 Å². The summed E-state index contributed by atoms with van der Waals surface area (Å²) in [5.41, 5.74) is 2.10. The van der Waals surface area contributed by atoms with Gasteiger partial charge < -0.3 is 4.74 Å². The van der Waals surface area contributed by atoms with E-state index in [0.717, 1.165) is 28.5 Å². The number of ether oxygens (including phenoxy) is 1. The summed E-state index contributed by atoms with van der Waals surface area (Å²) in [7, 11) is 1.60. The Morgan fingerprint density at radius 2 is 1.86 bits per heavy atom. The zero-order valence-corrected chi connectivity index (χ0v) is 12.0. The van der Waals surface area contributed by atoms with Gasteiger partial charge in [-0.1, -0.05) is 12.1 Å². The molecule has 0 atom stereocenters. The van der Waals surface area contributed by atoms with Crippen molar-refractivity contribution in [3.05, 3.63) is 59.5 Å². The van der Waals surface area contributed by atoms with Crippen LogP contribution in [0.25, 0.3) is 21.8 Å². The lowest BCUT2D eigenvalue weighted by Crippen LogP contribution is -1.86. The first-order valence-corrected chi connectivity index (χ1v) is 7.11. The summed E-state index contributed by atoms with van der Waals surface area (Å²) < 4.78 is 31.4. The molecule has 0 aliphatic carbocycles. The number of hydrogen-bond donors (Lipinski definition) is 0. The molecule has 0 saturated heterocycles. The number of thiazole rings is 1. The van der Waals surface area contributed by atoms with Crippen molar-refractivity contribution in [1.82, 2.24) is 4.98 Å². The fourth-order valence-electron chi connectivity index (χ4n) is 1.95. The molecular formula is C16H11F2NOS. The quantitative estimate of drug-likeness (QED) is 0.695. The van der Waals surface area contributed by atoms with E-state index < -0.39 is 11.6 Å². The number of hydrogen-bond acceptors (Lipinski definition) is 3. The van der Waals surface area contributed by atoms with E-state index in [4.69, 9.17) is 4.74 Å². The molecule has 0 spiro atoms. The smallest absolute Gasteiger partial charge is 0.159 e. The average molecular weight is 303 g/mol. The summed E-state index contributed by atoms with van der Waals surface area (Å²) in [4.78, 5) is 4.47. The number of nitrogens with zero attached hydrogens (tertiary/aromatic N) is 1. The molecule has 0 fully saturated rings. The van der Waals surface area contributed by atoms with Crippen molar-refractivity contribution in [2.75, 3.05) is 7.11 Å². The minimum Gasteiger partial charge on any atom is -0.497 e. The number of rotatable bonds is 3. The molecule has 106 valence electrons. The molecule has 2 nitrogen and oxygen atoms in total. The van der Waals surface area contributed by atoms with Crippen molar-refractivity contribution in [3.8, 4) is 27.6 Å². The van der Waals surface area contributed by atoms with E-state index >= 15 is 0 Å². The van der Waals surface area contributed by atoms with Gasteiger partial charge in [-0.2, -0.15) is 0 Å². The second kappa shape index (κ2) is 5.61. The van der Waals surface area contributed by atoms with E-state index in [2.05, 4.69) is 4.98 Å². The second-order valence-corrected chi connectivity index (χ2v) is 5.26. The Balaban J connectivity index is 1.97. The maximum absolute atomic E-state index is 13.3. The number of benzene rings is 2. The Bertz CT molecular complexity index is 785. The van der Waals surface area contributed by atoms with E-state index in [9.17, 15) is 8.78 Å². The number of aromatic nitrogens is 1. The van der Waals surface area contributed by atoms with E-state index in [1.165, 1.54) is 17.4 Å². The molecule has 0 aliphatic heterocycles. The van der Waals surface area contributed by atoms with Crippen LogP contribution in [-0.4, -0.2) is 12.1 Å². The third-order valence-corrected chi connectivity index (χ3v) is 3.93. The molecule has 0 bridgehead atoms. The highest BCUT2D eigenvalue weighted by Gasteiger charge is 2.10. The van der Waals surface area contributed by atoms with E-state index in [1.54, 1.807) is 7.11 Å². The van der Waals surface area contributed by atoms with E-state index in [0.29, 0.717) is 11.3 Å². The van der Waals surface area contributed by atoms with Crippen LogP contribution in [-0.2, 0) is 0 Å². The molecule has 0 unspecified atom stereocenters. The highest BCUT2D eigenvalue weighted by atomic mass is 32.1. The topological polar surface area (TPSA) is 22.1 Å². The zero-order valence-electron chi connectivity index (χ0n) is 11.1. The first kappa shape index (κ1) is 13.7. The van der Waals surface area contributed by atoms with Gasteiger partial charge in [0.2, 0.25) is 0 Å². The van der Waals surface area contributed by atoms with Crippen molar-refractivity contribution in [1.29, 1.82) is 0 Å². The number of methoxy groups -OCH3 is 1. The molecule has 0 saturated carbocycles. The van der Waals surface area contributed by atoms with Gasteiger partial charge in [0.15, 0.2) is 11.6 Å². The van der Waals surface area contributed by atoms with Gasteiger partial charge in [0.1, 0.15) is 10.8 Å². The standard InChI is InChI=1S/C16H11F2NOS/c1-20-12-4-2-3-11(7-12)16-19-15(9-21-16)10-5-6-13(17)14(18)8-10/h2-9H,1H3. The number of halogens is 2. The SMILES string of the molecule is COc1cccc(-c2nc(-c3ccc(F)c(F)c3)cs2)c1. The molecular weight excluding hydrogens is 292 g/mol. The molecule has 0 N–H and O–H groups in total. The Hall–Kier alpha value is -2.27. The first-order chi connectivity index (χ1) is 10.2. The lowest BCUT2D eigenvalue weighted by molar-refractivity contribution is 0.415. The van der Waals surface area contributed by atoms with Crippen molar-refractivity contribution in [3.63, 3.8) is 0 Å². The van der Waals surface area contributed by atoms with Crippen LogP contribution in [0.3, 0.4) is 0 Å². The normalized spacial score (nSPS) is 10.6. The second-order valence-electron chi connectivity index (χ2n) is 4.40. The molecule has 3 rings (SSSR count). The predicted molar refractivity (Wildman–Crippen MR) is 79.5 cm³/mol. The van der Waals surface area contributed by atoms with Gasteiger partial charge in [-0.25, -0.2) is 13.8 Å². The van der Waals surface area contributed by atoms with Crippen LogP contribution in [0.4, 0.5) is 8.78 Å². The minimum atomic E-state index is -0.872. The first-order valence-electron chi connectivity index (χ1n) is 6.23. The van der Waals surface area contributed by atoms with Crippen molar-refractivity contribution in [2.45, 2.75) is 0 Å². The van der Waals surface area contributed by atoms with Gasteiger partial charge in [-0.3, -0.25) is 0 Å². The van der Waals surface area contributed by atoms with Crippen LogP contribution < -0.4 is 4.74 Å². The molecule has 5 heteroatoms. The summed E-state index contributed by atoms with van der Waals surface area (Å²) in [6.07, 6.45) is 0. The van der Waals surface area contributed by atoms with Crippen LogP contribution >= 0.6 is 11.3 Å². The van der Waals surface area contributed by atoms with Gasteiger partial charge >= 0.3 is 0 Å². The van der Waals surface area contributed by atoms with Gasteiger partial charge in [0.05, 0.1) is 12.8 Å². The summed E-state index contributed by atoms with van der Waals surface area (Å²) in [5.74, 6) is -0.984. The molecule has 1 aromatic heterocycles. The van der Waals surface area contributed by atoms with Crippen LogP contribution in [0.5, 0.6) is 5.75 Å². The monoisotopic (exact) mass is 303 g/mol. The van der Waals surface area contributed by atoms with Crippen LogP contribution in [0.15, 0.2) is 47.8 Å². The molecule has 0 aliphatic rings. The third-order valence-electron chi connectivity index (χ3n) is 3.04. The maximum atomic E-state index is 13.3. The third kappa shape index (κ3) is 2.78. The molecule has 0 radical (unpaired) electrons. The van der Waals surface area contributed by atoms with Crippen LogP contribution in [0.1, 0.15) is 0 Å². The van der Waals surface area contributed by atoms with E-state index in [1.807, 2.05) is 29.6 Å². The Morgan fingerprint density at radius 3 is 2.62 bits per heavy atom. The van der Waals surface area contributed by atoms with Crippen molar-refractivity contribution < 1.29 is 13.5 Å². The summed E-state index contributed by atoms with van der Waals surface area (Å²) in [6.45, 7) is 0. The summed E-state index contributed by atoms with van der Waals surface area (Å²) >= 11 is 1.44. The van der Waals surface area contributed by atoms with Gasteiger partial charge in [0, 0.05) is 16.5 Å².